The number of nitro benzene ring substituents is 1. The third-order valence-electron chi connectivity index (χ3n) is 2.87. The number of hydrogen-bond donors (Lipinski definition) is 0. The molecule has 6 heteroatoms. The molecule has 0 bridgehead atoms. The molecule has 19 heavy (non-hydrogen) atoms. The number of ketones is 1. The second-order valence-electron chi connectivity index (χ2n) is 4.09. The van der Waals surface area contributed by atoms with E-state index in [1.807, 2.05) is 11.8 Å². The van der Waals surface area contributed by atoms with E-state index in [0.717, 1.165) is 12.2 Å². The Balaban J connectivity index is 3.13. The lowest BCUT2D eigenvalue weighted by Crippen LogP contribution is -2.27. The highest BCUT2D eigenvalue weighted by atomic mass is 16.6. The van der Waals surface area contributed by atoms with Crippen molar-refractivity contribution in [2.45, 2.75) is 13.8 Å². The molecule has 0 saturated carbocycles. The van der Waals surface area contributed by atoms with Crippen LogP contribution in [0.25, 0.3) is 0 Å². The summed E-state index contributed by atoms with van der Waals surface area (Å²) >= 11 is 0. The molecule has 0 amide bonds. The van der Waals surface area contributed by atoms with Gasteiger partial charge in [-0.3, -0.25) is 14.9 Å². The number of methoxy groups -OCH3 is 1. The fourth-order valence-electron chi connectivity index (χ4n) is 1.83. The SMILES string of the molecule is CCN(CCOC)c1ccc([N+](=O)[O-])c(C(C)=O)c1. The summed E-state index contributed by atoms with van der Waals surface area (Å²) < 4.78 is 5.02. The molecule has 0 radical (unpaired) electrons. The van der Waals surface area contributed by atoms with Gasteiger partial charge in [-0.15, -0.1) is 0 Å². The Bertz CT molecular complexity index is 474. The van der Waals surface area contributed by atoms with Crippen molar-refractivity contribution in [3.63, 3.8) is 0 Å². The normalized spacial score (nSPS) is 10.3. The van der Waals surface area contributed by atoms with Gasteiger partial charge in [0.05, 0.1) is 17.1 Å². The minimum absolute atomic E-state index is 0.137. The summed E-state index contributed by atoms with van der Waals surface area (Å²) in [5, 5.41) is 10.9. The topological polar surface area (TPSA) is 72.7 Å². The van der Waals surface area contributed by atoms with Crippen molar-refractivity contribution < 1.29 is 14.5 Å². The third-order valence-corrected chi connectivity index (χ3v) is 2.87. The summed E-state index contributed by atoms with van der Waals surface area (Å²) in [7, 11) is 1.62. The number of rotatable bonds is 7. The van der Waals surface area contributed by atoms with Crippen molar-refractivity contribution in [1.29, 1.82) is 0 Å². The molecule has 0 N–H and O–H groups in total. The van der Waals surface area contributed by atoms with Gasteiger partial charge in [0.15, 0.2) is 5.78 Å². The molecular formula is C13H18N2O4. The van der Waals surface area contributed by atoms with Gasteiger partial charge in [0.25, 0.3) is 5.69 Å². The standard InChI is InChI=1S/C13H18N2O4/c1-4-14(7-8-19-3)11-5-6-13(15(17)18)12(9-11)10(2)16/h5-6,9H,4,7-8H2,1-3H3. The lowest BCUT2D eigenvalue weighted by atomic mass is 10.1. The largest absolute Gasteiger partial charge is 0.383 e. The van der Waals surface area contributed by atoms with E-state index in [1.54, 1.807) is 19.2 Å². The first-order valence-corrected chi connectivity index (χ1v) is 6.04. The van der Waals surface area contributed by atoms with Gasteiger partial charge in [0.1, 0.15) is 0 Å². The quantitative estimate of drug-likeness (QED) is 0.430. The smallest absolute Gasteiger partial charge is 0.280 e. The Labute approximate surface area is 112 Å². The average Bonchev–Trinajstić information content (AvgIpc) is 2.39. The molecule has 0 aliphatic heterocycles. The molecule has 0 aromatic heterocycles. The molecular weight excluding hydrogens is 248 g/mol. The minimum atomic E-state index is -0.536. The Morgan fingerprint density at radius 1 is 1.47 bits per heavy atom. The van der Waals surface area contributed by atoms with Gasteiger partial charge in [0, 0.05) is 32.0 Å². The maximum atomic E-state index is 11.5. The first kappa shape index (κ1) is 15.1. The second-order valence-corrected chi connectivity index (χ2v) is 4.09. The molecule has 6 nitrogen and oxygen atoms in total. The van der Waals surface area contributed by atoms with Crippen LogP contribution < -0.4 is 4.90 Å². The van der Waals surface area contributed by atoms with Crippen LogP contribution in [0.5, 0.6) is 0 Å². The maximum absolute atomic E-state index is 11.5. The minimum Gasteiger partial charge on any atom is -0.383 e. The summed E-state index contributed by atoms with van der Waals surface area (Å²) in [5.41, 5.74) is 0.771. The van der Waals surface area contributed by atoms with E-state index in [4.69, 9.17) is 4.74 Å². The van der Waals surface area contributed by atoms with Gasteiger partial charge in [0.2, 0.25) is 0 Å². The van der Waals surface area contributed by atoms with Crippen molar-refractivity contribution in [1.82, 2.24) is 0 Å². The van der Waals surface area contributed by atoms with E-state index in [1.165, 1.54) is 13.0 Å². The highest BCUT2D eigenvalue weighted by Gasteiger charge is 2.19. The number of ether oxygens (including phenoxy) is 1. The second kappa shape index (κ2) is 6.84. The fraction of sp³-hybridized carbons (Fsp3) is 0.462. The van der Waals surface area contributed by atoms with Crippen LogP contribution in [0.2, 0.25) is 0 Å². The Kier molecular flexibility index (Phi) is 5.44. The third kappa shape index (κ3) is 3.75. The molecule has 0 spiro atoms. The van der Waals surface area contributed by atoms with Crippen LogP contribution >= 0.6 is 0 Å². The Hall–Kier alpha value is -1.95. The number of hydrogen-bond acceptors (Lipinski definition) is 5. The van der Waals surface area contributed by atoms with E-state index in [9.17, 15) is 14.9 Å². The van der Waals surface area contributed by atoms with Crippen LogP contribution in [0.1, 0.15) is 24.2 Å². The van der Waals surface area contributed by atoms with Gasteiger partial charge >= 0.3 is 0 Å². The van der Waals surface area contributed by atoms with Gasteiger partial charge in [-0.1, -0.05) is 0 Å². The van der Waals surface area contributed by atoms with E-state index in [2.05, 4.69) is 0 Å². The monoisotopic (exact) mass is 266 g/mol. The molecule has 0 aliphatic rings. The van der Waals surface area contributed by atoms with E-state index in [0.29, 0.717) is 13.2 Å². The molecule has 1 aromatic carbocycles. The molecule has 1 rings (SSSR count). The summed E-state index contributed by atoms with van der Waals surface area (Å²) in [6.07, 6.45) is 0. The average molecular weight is 266 g/mol. The highest BCUT2D eigenvalue weighted by Crippen LogP contribution is 2.25. The summed E-state index contributed by atoms with van der Waals surface area (Å²) in [5.74, 6) is -0.309. The Morgan fingerprint density at radius 2 is 2.16 bits per heavy atom. The van der Waals surface area contributed by atoms with Crippen LogP contribution in [0.4, 0.5) is 11.4 Å². The number of likely N-dealkylation sites (N-methyl/N-ethyl adjacent to an activating group) is 1. The zero-order valence-corrected chi connectivity index (χ0v) is 11.4. The van der Waals surface area contributed by atoms with Crippen LogP contribution in [-0.4, -0.2) is 37.5 Å². The number of carbonyl (C=O) groups is 1. The first-order chi connectivity index (χ1) is 9.01. The molecule has 0 fully saturated rings. The predicted octanol–water partition coefficient (Wildman–Crippen LogP) is 2.27. The lowest BCUT2D eigenvalue weighted by molar-refractivity contribution is -0.385. The number of benzene rings is 1. The number of Topliss-reactive ketones (excluding diaryl/α,β-unsaturated/α-hetero) is 1. The molecule has 0 atom stereocenters. The number of carbonyl (C=O) groups excluding carboxylic acids is 1. The van der Waals surface area contributed by atoms with E-state index in [-0.39, 0.29) is 17.0 Å². The summed E-state index contributed by atoms with van der Waals surface area (Å²) in [6, 6.07) is 4.60. The first-order valence-electron chi connectivity index (χ1n) is 6.04. The van der Waals surface area contributed by atoms with Gasteiger partial charge < -0.3 is 9.64 Å². The highest BCUT2D eigenvalue weighted by molar-refractivity contribution is 5.99. The van der Waals surface area contributed by atoms with Gasteiger partial charge in [-0.05, 0) is 26.0 Å². The molecule has 1 aromatic rings. The molecule has 104 valence electrons. The van der Waals surface area contributed by atoms with Crippen LogP contribution in [0, 0.1) is 10.1 Å². The van der Waals surface area contributed by atoms with Crippen LogP contribution in [0.3, 0.4) is 0 Å². The van der Waals surface area contributed by atoms with Crippen molar-refractivity contribution in [2.75, 3.05) is 31.7 Å². The summed E-state index contributed by atoms with van der Waals surface area (Å²) in [6.45, 7) is 5.27. The Morgan fingerprint density at radius 3 is 2.63 bits per heavy atom. The van der Waals surface area contributed by atoms with E-state index >= 15 is 0 Å². The lowest BCUT2D eigenvalue weighted by Gasteiger charge is -2.23. The predicted molar refractivity (Wildman–Crippen MR) is 72.9 cm³/mol. The zero-order valence-electron chi connectivity index (χ0n) is 11.4. The van der Waals surface area contributed by atoms with Crippen molar-refractivity contribution in [3.05, 3.63) is 33.9 Å². The molecule has 0 aliphatic carbocycles. The maximum Gasteiger partial charge on any atom is 0.280 e. The molecule has 0 saturated heterocycles. The zero-order chi connectivity index (χ0) is 14.4. The van der Waals surface area contributed by atoms with Crippen molar-refractivity contribution in [2.24, 2.45) is 0 Å². The summed E-state index contributed by atoms with van der Waals surface area (Å²) in [4.78, 5) is 23.8. The van der Waals surface area contributed by atoms with Gasteiger partial charge in [-0.2, -0.15) is 0 Å². The van der Waals surface area contributed by atoms with Crippen molar-refractivity contribution >= 4 is 17.2 Å². The van der Waals surface area contributed by atoms with Crippen molar-refractivity contribution in [3.8, 4) is 0 Å². The molecule has 0 heterocycles. The fourth-order valence-corrected chi connectivity index (χ4v) is 1.83. The molecule has 0 unspecified atom stereocenters. The van der Waals surface area contributed by atoms with Crippen LogP contribution in [0.15, 0.2) is 18.2 Å². The number of anilines is 1. The van der Waals surface area contributed by atoms with Gasteiger partial charge in [-0.25, -0.2) is 0 Å². The van der Waals surface area contributed by atoms with E-state index < -0.39 is 4.92 Å². The number of nitro groups is 1. The van der Waals surface area contributed by atoms with Crippen LogP contribution in [-0.2, 0) is 4.74 Å². The number of nitrogens with zero attached hydrogens (tertiary/aromatic N) is 2.